The van der Waals surface area contributed by atoms with Crippen LogP contribution in [0.25, 0.3) is 0 Å². The quantitative estimate of drug-likeness (QED) is 0.837. The summed E-state index contributed by atoms with van der Waals surface area (Å²) < 4.78 is 0.881. The number of amides is 2. The third-order valence-corrected chi connectivity index (χ3v) is 4.56. The van der Waals surface area contributed by atoms with Crippen molar-refractivity contribution < 1.29 is 9.59 Å². The summed E-state index contributed by atoms with van der Waals surface area (Å²) in [5.41, 5.74) is 5.52. The minimum absolute atomic E-state index is 0.0770. The van der Waals surface area contributed by atoms with Crippen LogP contribution in [0, 0.1) is 0 Å². The molecule has 7 heteroatoms. The molecule has 2 rings (SSSR count). The molecule has 1 aromatic heterocycles. The highest BCUT2D eigenvalue weighted by molar-refractivity contribution is 8.02. The molecule has 2 N–H and O–H groups in total. The molecule has 1 unspecified atom stereocenters. The summed E-state index contributed by atoms with van der Waals surface area (Å²) in [5.74, 6) is -0.166. The lowest BCUT2D eigenvalue weighted by Crippen LogP contribution is -2.31. The number of nitrogens with zero attached hydrogens (tertiary/aromatic N) is 2. The van der Waals surface area contributed by atoms with Crippen molar-refractivity contribution in [3.63, 3.8) is 0 Å². The predicted molar refractivity (Wildman–Crippen MR) is 67.8 cm³/mol. The molecule has 1 fully saturated rings. The van der Waals surface area contributed by atoms with Crippen LogP contribution in [0.3, 0.4) is 0 Å². The molecule has 0 bridgehead atoms. The maximum atomic E-state index is 12.0. The second-order valence-corrected chi connectivity index (χ2v) is 6.28. The van der Waals surface area contributed by atoms with Gasteiger partial charge in [-0.05, 0) is 6.42 Å². The molecule has 1 aliphatic heterocycles. The van der Waals surface area contributed by atoms with E-state index >= 15 is 0 Å². The second-order valence-electron chi connectivity index (χ2n) is 3.71. The zero-order chi connectivity index (χ0) is 12.4. The Morgan fingerprint density at radius 1 is 1.65 bits per heavy atom. The molecule has 0 aliphatic carbocycles. The van der Waals surface area contributed by atoms with E-state index in [0.717, 1.165) is 10.6 Å². The third kappa shape index (κ3) is 2.61. The summed E-state index contributed by atoms with van der Waals surface area (Å²) in [6.07, 6.45) is 2.72. The van der Waals surface area contributed by atoms with E-state index in [1.807, 2.05) is 6.92 Å². The van der Waals surface area contributed by atoms with Gasteiger partial charge in [0, 0.05) is 13.0 Å². The Hall–Kier alpha value is -1.08. The van der Waals surface area contributed by atoms with Crippen LogP contribution >= 0.6 is 23.1 Å². The Balaban J connectivity index is 2.04. The highest BCUT2D eigenvalue weighted by Gasteiger charge is 2.38. The van der Waals surface area contributed by atoms with Crippen molar-refractivity contribution in [1.82, 2.24) is 9.88 Å². The van der Waals surface area contributed by atoms with Crippen molar-refractivity contribution in [2.75, 3.05) is 12.3 Å². The van der Waals surface area contributed by atoms with E-state index in [4.69, 9.17) is 5.73 Å². The van der Waals surface area contributed by atoms with Gasteiger partial charge in [0.05, 0.1) is 15.7 Å². The van der Waals surface area contributed by atoms with Gasteiger partial charge in [0.1, 0.15) is 0 Å². The summed E-state index contributed by atoms with van der Waals surface area (Å²) in [7, 11) is 0. The fourth-order valence-electron chi connectivity index (χ4n) is 1.67. The van der Waals surface area contributed by atoms with E-state index in [-0.39, 0.29) is 23.5 Å². The van der Waals surface area contributed by atoms with Gasteiger partial charge in [0.15, 0.2) is 5.13 Å². The first-order valence-electron chi connectivity index (χ1n) is 5.34. The van der Waals surface area contributed by atoms with Gasteiger partial charge in [0.25, 0.3) is 0 Å². The number of rotatable bonds is 4. The zero-order valence-corrected chi connectivity index (χ0v) is 11.0. The molecule has 1 atom stereocenters. The van der Waals surface area contributed by atoms with Gasteiger partial charge in [-0.2, -0.15) is 0 Å². The average Bonchev–Trinajstić information content (AvgIpc) is 2.79. The van der Waals surface area contributed by atoms with Crippen molar-refractivity contribution in [2.45, 2.75) is 29.2 Å². The van der Waals surface area contributed by atoms with Gasteiger partial charge >= 0.3 is 0 Å². The van der Waals surface area contributed by atoms with Crippen molar-refractivity contribution in [3.05, 3.63) is 6.20 Å². The first-order chi connectivity index (χ1) is 8.11. The van der Waals surface area contributed by atoms with Crippen LogP contribution in [-0.4, -0.2) is 33.5 Å². The molecule has 17 heavy (non-hydrogen) atoms. The van der Waals surface area contributed by atoms with Crippen LogP contribution < -0.4 is 5.73 Å². The molecule has 1 saturated heterocycles. The largest absolute Gasteiger partial charge is 0.375 e. The molecule has 0 saturated carbocycles. The fourth-order valence-corrected chi connectivity index (χ4v) is 3.73. The van der Waals surface area contributed by atoms with E-state index < -0.39 is 0 Å². The summed E-state index contributed by atoms with van der Waals surface area (Å²) >= 11 is 2.72. The number of hydrogen-bond donors (Lipinski definition) is 1. The van der Waals surface area contributed by atoms with Crippen molar-refractivity contribution in [1.29, 1.82) is 0 Å². The number of imide groups is 1. The van der Waals surface area contributed by atoms with Gasteiger partial charge in [0.2, 0.25) is 11.8 Å². The number of hydrogen-bond acceptors (Lipinski definition) is 6. The lowest BCUT2D eigenvalue weighted by Gasteiger charge is -2.12. The highest BCUT2D eigenvalue weighted by Crippen LogP contribution is 2.35. The normalized spacial score (nSPS) is 20.3. The molecule has 5 nitrogen and oxygen atoms in total. The summed E-state index contributed by atoms with van der Waals surface area (Å²) in [4.78, 5) is 28.9. The molecule has 92 valence electrons. The standard InChI is InChI=1S/C10H13N3O2S2/c1-2-3-13-7(14)4-6(9(13)15)16-8-5-12-10(11)17-8/h5-6H,2-4H2,1H3,(H2,11,12). The third-order valence-electron chi connectivity index (χ3n) is 2.41. The Morgan fingerprint density at radius 3 is 3.00 bits per heavy atom. The number of aromatic nitrogens is 1. The minimum atomic E-state index is -0.311. The Bertz CT molecular complexity index is 447. The second kappa shape index (κ2) is 5.05. The first kappa shape index (κ1) is 12.4. The lowest BCUT2D eigenvalue weighted by molar-refractivity contribution is -0.138. The van der Waals surface area contributed by atoms with Gasteiger partial charge in [-0.15, -0.1) is 0 Å². The Morgan fingerprint density at radius 2 is 2.41 bits per heavy atom. The number of carbonyl (C=O) groups is 2. The monoisotopic (exact) mass is 271 g/mol. The molecule has 0 aromatic carbocycles. The average molecular weight is 271 g/mol. The molecular weight excluding hydrogens is 258 g/mol. The van der Waals surface area contributed by atoms with Crippen molar-refractivity contribution >= 4 is 40.0 Å². The molecule has 2 amide bonds. The number of nitrogens with two attached hydrogens (primary N) is 1. The van der Waals surface area contributed by atoms with Crippen LogP contribution in [-0.2, 0) is 9.59 Å². The molecule has 1 aromatic rings. The summed E-state index contributed by atoms with van der Waals surface area (Å²) in [6.45, 7) is 2.46. The molecule has 2 heterocycles. The van der Waals surface area contributed by atoms with E-state index in [1.165, 1.54) is 28.0 Å². The van der Waals surface area contributed by atoms with Crippen LogP contribution in [0.4, 0.5) is 5.13 Å². The van der Waals surface area contributed by atoms with Crippen LogP contribution in [0.2, 0.25) is 0 Å². The number of likely N-dealkylation sites (tertiary alicyclic amines) is 1. The zero-order valence-electron chi connectivity index (χ0n) is 9.38. The molecule has 1 aliphatic rings. The fraction of sp³-hybridized carbons (Fsp3) is 0.500. The molecular formula is C10H13N3O2S2. The van der Waals surface area contributed by atoms with E-state index in [1.54, 1.807) is 6.20 Å². The van der Waals surface area contributed by atoms with Gasteiger partial charge in [-0.25, -0.2) is 4.98 Å². The van der Waals surface area contributed by atoms with Crippen molar-refractivity contribution in [3.8, 4) is 0 Å². The van der Waals surface area contributed by atoms with Crippen molar-refractivity contribution in [2.24, 2.45) is 0 Å². The number of anilines is 1. The van der Waals surface area contributed by atoms with Gasteiger partial charge in [-0.3, -0.25) is 14.5 Å². The topological polar surface area (TPSA) is 76.3 Å². The van der Waals surface area contributed by atoms with Gasteiger partial charge < -0.3 is 5.73 Å². The number of nitrogen functional groups attached to an aromatic ring is 1. The van der Waals surface area contributed by atoms with Gasteiger partial charge in [-0.1, -0.05) is 30.0 Å². The summed E-state index contributed by atoms with van der Waals surface area (Å²) in [5, 5.41) is 0.170. The molecule has 0 spiro atoms. The minimum Gasteiger partial charge on any atom is -0.375 e. The first-order valence-corrected chi connectivity index (χ1v) is 7.03. The van der Waals surface area contributed by atoms with E-state index in [0.29, 0.717) is 11.7 Å². The van der Waals surface area contributed by atoms with E-state index in [9.17, 15) is 9.59 Å². The highest BCUT2D eigenvalue weighted by atomic mass is 32.2. The number of thiazole rings is 1. The Kier molecular flexibility index (Phi) is 3.68. The number of thioether (sulfide) groups is 1. The predicted octanol–water partition coefficient (Wildman–Crippen LogP) is 1.35. The van der Waals surface area contributed by atoms with E-state index in [2.05, 4.69) is 4.98 Å². The number of carbonyl (C=O) groups excluding carboxylic acids is 2. The van der Waals surface area contributed by atoms with Crippen LogP contribution in [0.15, 0.2) is 10.4 Å². The van der Waals surface area contributed by atoms with Crippen LogP contribution in [0.1, 0.15) is 19.8 Å². The molecule has 0 radical (unpaired) electrons. The smallest absolute Gasteiger partial charge is 0.243 e. The maximum Gasteiger partial charge on any atom is 0.243 e. The van der Waals surface area contributed by atoms with Crippen LogP contribution in [0.5, 0.6) is 0 Å². The lowest BCUT2D eigenvalue weighted by atomic mass is 10.4. The Labute approximate surface area is 107 Å². The summed E-state index contributed by atoms with van der Waals surface area (Å²) in [6, 6.07) is 0. The maximum absolute atomic E-state index is 12.0. The SMILES string of the molecule is CCCN1C(=O)CC(Sc2cnc(N)s2)C1=O.